The Labute approximate surface area is 171 Å². The molecule has 0 atom stereocenters. The normalized spacial score (nSPS) is 20.8. The molecule has 0 aliphatic carbocycles. The van der Waals surface area contributed by atoms with Crippen LogP contribution in [0.2, 0.25) is 0 Å². The van der Waals surface area contributed by atoms with Crippen LogP contribution in [-0.2, 0) is 11.3 Å². The third kappa shape index (κ3) is 4.18. The van der Waals surface area contributed by atoms with Crippen molar-refractivity contribution in [1.82, 2.24) is 20.0 Å². The molecule has 1 N–H and O–H groups in total. The molecule has 0 bridgehead atoms. The van der Waals surface area contributed by atoms with Crippen molar-refractivity contribution >= 4 is 17.6 Å². The maximum absolute atomic E-state index is 12.2. The maximum Gasteiger partial charge on any atom is 0.328 e. The van der Waals surface area contributed by atoms with E-state index in [1.807, 2.05) is 10.6 Å². The van der Waals surface area contributed by atoms with Crippen molar-refractivity contribution in [2.45, 2.75) is 45.7 Å². The van der Waals surface area contributed by atoms with Gasteiger partial charge >= 0.3 is 6.03 Å². The number of carbonyl (C=O) groups excluding carboxylic acids is 2. The molecule has 3 aliphatic rings. The van der Waals surface area contributed by atoms with Gasteiger partial charge in [-0.15, -0.1) is 0 Å². The Bertz CT molecular complexity index is 902. The van der Waals surface area contributed by atoms with E-state index in [4.69, 9.17) is 0 Å². The van der Waals surface area contributed by atoms with Crippen LogP contribution in [0.15, 0.2) is 23.4 Å². The molecule has 0 unspecified atom stereocenters. The molecule has 0 aromatic carbocycles. The Morgan fingerprint density at radius 2 is 1.90 bits per heavy atom. The first kappa shape index (κ1) is 20.0. The number of piperazine rings is 1. The number of nitrogens with zero attached hydrogens (tertiary/aromatic N) is 5. The van der Waals surface area contributed by atoms with E-state index in [0.29, 0.717) is 25.6 Å². The van der Waals surface area contributed by atoms with Gasteiger partial charge in [0.25, 0.3) is 5.35 Å². The molecule has 3 aliphatic heterocycles. The molecule has 1 aromatic rings. The van der Waals surface area contributed by atoms with Crippen LogP contribution in [0.4, 0.5) is 4.79 Å². The molecule has 3 amide bonds. The molecule has 4 rings (SSSR count). The first-order valence-corrected chi connectivity index (χ1v) is 10.7. The summed E-state index contributed by atoms with van der Waals surface area (Å²) < 4.78 is 1.84. The number of aromatic nitrogens is 1. The highest BCUT2D eigenvalue weighted by Gasteiger charge is 2.31. The van der Waals surface area contributed by atoms with Gasteiger partial charge in [0.1, 0.15) is 12.2 Å². The smallest absolute Gasteiger partial charge is 0.298 e. The van der Waals surface area contributed by atoms with Gasteiger partial charge in [-0.1, -0.05) is 18.2 Å². The number of urea groups is 1. The minimum Gasteiger partial charge on any atom is -0.298 e. The molecule has 8 heteroatoms. The largest absolute Gasteiger partial charge is 0.328 e. The number of carbonyl (C=O) groups is 2. The lowest BCUT2D eigenvalue weighted by Crippen LogP contribution is -2.51. The molecular formula is C21H31N6O2+. The lowest BCUT2D eigenvalue weighted by atomic mass is 10.1. The van der Waals surface area contributed by atoms with Crippen LogP contribution in [0.25, 0.3) is 5.70 Å². The van der Waals surface area contributed by atoms with Gasteiger partial charge in [-0.25, -0.2) is 4.79 Å². The number of hydrogen-bond donors (Lipinski definition) is 1. The number of nitrogens with one attached hydrogen (secondary N) is 1. The van der Waals surface area contributed by atoms with Gasteiger partial charge in [0.2, 0.25) is 12.1 Å². The van der Waals surface area contributed by atoms with E-state index in [1.54, 1.807) is 4.90 Å². The molecule has 1 aromatic heterocycles. The van der Waals surface area contributed by atoms with Crippen LogP contribution in [0, 0.1) is 0 Å². The molecular weight excluding hydrogens is 368 g/mol. The molecule has 8 nitrogen and oxygen atoms in total. The van der Waals surface area contributed by atoms with E-state index in [0.717, 1.165) is 43.8 Å². The van der Waals surface area contributed by atoms with Gasteiger partial charge in [0.15, 0.2) is 0 Å². The van der Waals surface area contributed by atoms with Gasteiger partial charge in [-0.3, -0.25) is 24.8 Å². The van der Waals surface area contributed by atoms with E-state index in [1.165, 1.54) is 18.4 Å². The molecule has 0 spiro atoms. The van der Waals surface area contributed by atoms with Crippen molar-refractivity contribution in [3.63, 3.8) is 0 Å². The van der Waals surface area contributed by atoms with Gasteiger partial charge in [0, 0.05) is 63.9 Å². The second-order valence-electron chi connectivity index (χ2n) is 8.05. The number of hydrogen-bond acceptors (Lipinski definition) is 5. The Balaban J connectivity index is 1.47. The highest BCUT2D eigenvalue weighted by molar-refractivity contribution is 5.99. The number of imide groups is 1. The van der Waals surface area contributed by atoms with E-state index in [-0.39, 0.29) is 11.9 Å². The van der Waals surface area contributed by atoms with E-state index in [9.17, 15) is 9.59 Å². The zero-order valence-electron chi connectivity index (χ0n) is 17.4. The summed E-state index contributed by atoms with van der Waals surface area (Å²) in [6.45, 7) is 10.7. The Kier molecular flexibility index (Phi) is 5.91. The third-order valence-electron chi connectivity index (χ3n) is 6.32. The summed E-state index contributed by atoms with van der Waals surface area (Å²) in [6, 6.07) is 4.61. The van der Waals surface area contributed by atoms with Crippen LogP contribution in [0.1, 0.15) is 38.7 Å². The zero-order chi connectivity index (χ0) is 20.4. The van der Waals surface area contributed by atoms with Gasteiger partial charge in [-0.05, 0) is 23.5 Å². The molecule has 0 radical (unpaired) electrons. The SMILES string of the molecule is CCC(CC)N1CCN(Cc2cc[n+]3c(c2)=C(N2CCC(=O)NC2=O)CN=3)CC1. The van der Waals surface area contributed by atoms with E-state index >= 15 is 0 Å². The van der Waals surface area contributed by atoms with Crippen molar-refractivity contribution < 1.29 is 14.0 Å². The van der Waals surface area contributed by atoms with Gasteiger partial charge in [-0.2, -0.15) is 0 Å². The van der Waals surface area contributed by atoms with Crippen molar-refractivity contribution in [1.29, 1.82) is 0 Å². The number of fused-ring (bicyclic) bond motifs is 1. The second kappa shape index (κ2) is 8.59. The first-order valence-electron chi connectivity index (χ1n) is 10.7. The average Bonchev–Trinajstić information content (AvgIpc) is 3.13. The molecule has 2 fully saturated rings. The predicted octanol–water partition coefficient (Wildman–Crippen LogP) is 0.376. The predicted molar refractivity (Wildman–Crippen MR) is 108 cm³/mol. The summed E-state index contributed by atoms with van der Waals surface area (Å²) in [7, 11) is 0. The lowest BCUT2D eigenvalue weighted by Gasteiger charge is -2.38. The van der Waals surface area contributed by atoms with E-state index in [2.05, 4.69) is 46.2 Å². The van der Waals surface area contributed by atoms with Crippen molar-refractivity contribution in [3.05, 3.63) is 29.2 Å². The number of rotatable bonds is 6. The fraction of sp³-hybridized carbons (Fsp3) is 0.619. The summed E-state index contributed by atoms with van der Waals surface area (Å²) in [5.41, 5.74) is 2.10. The zero-order valence-corrected chi connectivity index (χ0v) is 17.4. The Hall–Kier alpha value is -2.32. The molecule has 4 heterocycles. The quantitative estimate of drug-likeness (QED) is 0.702. The maximum atomic E-state index is 12.2. The standard InChI is InChI=1S/C21H30N6O2/c1-3-17(4-2)25-11-9-24(10-12-25)15-16-5-8-27-18(13-16)19(14-22-27)26-7-6-20(28)23-21(26)29/h5,8,13,17H,3-4,6-7,9-12,14-15H2,1-2H3/p+1. The monoisotopic (exact) mass is 399 g/mol. The van der Waals surface area contributed by atoms with Gasteiger partial charge < -0.3 is 0 Å². The average molecular weight is 400 g/mol. The second-order valence-corrected chi connectivity index (χ2v) is 8.05. The van der Waals surface area contributed by atoms with Crippen LogP contribution in [0.3, 0.4) is 0 Å². The van der Waals surface area contributed by atoms with Crippen molar-refractivity contribution in [3.8, 4) is 0 Å². The minimum atomic E-state index is -0.345. The third-order valence-corrected chi connectivity index (χ3v) is 6.32. The summed E-state index contributed by atoms with van der Waals surface area (Å²) >= 11 is 0. The Morgan fingerprint density at radius 1 is 1.14 bits per heavy atom. The highest BCUT2D eigenvalue weighted by Crippen LogP contribution is 2.15. The number of amides is 3. The highest BCUT2D eigenvalue weighted by atomic mass is 16.2. The summed E-state index contributed by atoms with van der Waals surface area (Å²) in [6.07, 6.45) is 4.74. The first-order chi connectivity index (χ1) is 14.1. The van der Waals surface area contributed by atoms with Crippen LogP contribution < -0.4 is 15.0 Å². The molecule has 29 heavy (non-hydrogen) atoms. The topological polar surface area (TPSA) is 74.2 Å². The molecule has 0 saturated carbocycles. The van der Waals surface area contributed by atoms with Gasteiger partial charge in [0.05, 0.1) is 0 Å². The number of pyridine rings is 1. The van der Waals surface area contributed by atoms with Crippen LogP contribution in [0.5, 0.6) is 0 Å². The molecule has 2 saturated heterocycles. The fourth-order valence-electron chi connectivity index (χ4n) is 4.59. The Morgan fingerprint density at radius 3 is 2.59 bits per heavy atom. The summed E-state index contributed by atoms with van der Waals surface area (Å²) in [5, 5.41) is 7.85. The van der Waals surface area contributed by atoms with Crippen molar-refractivity contribution in [2.75, 3.05) is 39.3 Å². The summed E-state index contributed by atoms with van der Waals surface area (Å²) in [5.74, 6) is -0.212. The summed E-state index contributed by atoms with van der Waals surface area (Å²) in [4.78, 5) is 30.5. The van der Waals surface area contributed by atoms with Crippen molar-refractivity contribution in [2.24, 2.45) is 5.11 Å². The molecule has 156 valence electrons. The van der Waals surface area contributed by atoms with E-state index < -0.39 is 0 Å². The van der Waals surface area contributed by atoms with Crippen LogP contribution in [-0.4, -0.2) is 71.9 Å². The minimum absolute atomic E-state index is 0.212. The van der Waals surface area contributed by atoms with Crippen LogP contribution >= 0.6 is 0 Å². The fourth-order valence-corrected chi connectivity index (χ4v) is 4.59. The lowest BCUT2D eigenvalue weighted by molar-refractivity contribution is -0.557.